The number of hydrogen-bond donors (Lipinski definition) is 1. The van der Waals surface area contributed by atoms with Crippen molar-refractivity contribution in [2.75, 3.05) is 0 Å². The molecule has 1 aromatic heterocycles. The third-order valence-corrected chi connectivity index (χ3v) is 3.31. The summed E-state index contributed by atoms with van der Waals surface area (Å²) < 4.78 is 40.4. The summed E-state index contributed by atoms with van der Waals surface area (Å²) in [4.78, 5) is 0. The van der Waals surface area contributed by atoms with E-state index < -0.39 is 11.7 Å². The molecule has 0 bridgehead atoms. The molecule has 1 heterocycles. The van der Waals surface area contributed by atoms with E-state index in [2.05, 4.69) is 15.3 Å². The topological polar surface area (TPSA) is 46.0 Å². The van der Waals surface area contributed by atoms with E-state index in [1.54, 1.807) is 0 Å². The second-order valence-corrected chi connectivity index (χ2v) is 5.08. The number of unbranched alkanes of at least 4 members (excludes halogenated alkanes) is 1. The Morgan fingerprint density at radius 1 is 1.36 bits per heavy atom. The lowest BCUT2D eigenvalue weighted by Gasteiger charge is -2.09. The summed E-state index contributed by atoms with van der Waals surface area (Å²) in [5.74, 6) is 0.604. The third-order valence-electron chi connectivity index (χ3n) is 3.05. The van der Waals surface area contributed by atoms with Gasteiger partial charge in [-0.2, -0.15) is 28.0 Å². The second kappa shape index (κ2) is 6.87. The zero-order valence-electron chi connectivity index (χ0n) is 11.9. The fraction of sp³-hybridized carbons (Fsp3) is 0.357. The van der Waals surface area contributed by atoms with Gasteiger partial charge in [0.15, 0.2) is 5.82 Å². The molecule has 1 aromatic carbocycles. The number of aryl methyl sites for hydroxylation is 1. The fourth-order valence-corrected chi connectivity index (χ4v) is 2.13. The largest absolute Gasteiger partial charge is 0.417 e. The maximum absolute atomic E-state index is 12.9. The highest BCUT2D eigenvalue weighted by atomic mass is 32.1. The van der Waals surface area contributed by atoms with E-state index in [0.29, 0.717) is 12.2 Å². The lowest BCUT2D eigenvalue weighted by atomic mass is 10.1. The fourth-order valence-electron chi connectivity index (χ4n) is 1.93. The number of nitrogens with zero attached hydrogens (tertiary/aromatic N) is 3. The van der Waals surface area contributed by atoms with Crippen LogP contribution in [-0.4, -0.2) is 21.1 Å². The SMILES string of the molecule is CCCCc1n[nH]c(=S)n1/N=C\c1ccccc1C(F)(F)F. The summed E-state index contributed by atoms with van der Waals surface area (Å²) in [6, 6.07) is 5.26. The van der Waals surface area contributed by atoms with Crippen LogP contribution < -0.4 is 0 Å². The van der Waals surface area contributed by atoms with Crippen LogP contribution in [0.15, 0.2) is 29.4 Å². The number of H-pyrrole nitrogens is 1. The molecule has 0 saturated heterocycles. The Morgan fingerprint density at radius 2 is 2.09 bits per heavy atom. The molecule has 0 aliphatic heterocycles. The van der Waals surface area contributed by atoms with Crippen LogP contribution in [0.1, 0.15) is 36.7 Å². The minimum atomic E-state index is -4.43. The normalized spacial score (nSPS) is 12.2. The summed E-state index contributed by atoms with van der Waals surface area (Å²) in [6.07, 6.45) is -0.745. The maximum atomic E-state index is 12.9. The van der Waals surface area contributed by atoms with Gasteiger partial charge in [-0.3, -0.25) is 5.10 Å². The number of hydrogen-bond acceptors (Lipinski definition) is 3. The molecule has 4 nitrogen and oxygen atoms in total. The lowest BCUT2D eigenvalue weighted by molar-refractivity contribution is -0.137. The molecule has 0 saturated carbocycles. The first-order chi connectivity index (χ1) is 10.4. The minimum Gasteiger partial charge on any atom is -0.250 e. The first-order valence-electron chi connectivity index (χ1n) is 6.80. The van der Waals surface area contributed by atoms with Crippen LogP contribution in [0.5, 0.6) is 0 Å². The van der Waals surface area contributed by atoms with E-state index in [-0.39, 0.29) is 10.3 Å². The predicted molar refractivity (Wildman–Crippen MR) is 80.5 cm³/mol. The smallest absolute Gasteiger partial charge is 0.250 e. The standard InChI is InChI=1S/C14H15F3N4S/c1-2-3-8-12-19-20-13(22)21(12)18-9-10-6-4-5-7-11(10)14(15,16)17/h4-7,9H,2-3,8H2,1H3,(H,20,22)/b18-9-. The highest BCUT2D eigenvalue weighted by molar-refractivity contribution is 7.71. The van der Waals surface area contributed by atoms with E-state index in [9.17, 15) is 13.2 Å². The molecule has 0 amide bonds. The molecular formula is C14H15F3N4S. The number of nitrogens with one attached hydrogen (secondary N) is 1. The van der Waals surface area contributed by atoms with E-state index in [0.717, 1.165) is 25.1 Å². The van der Waals surface area contributed by atoms with Crippen molar-refractivity contribution in [3.8, 4) is 0 Å². The molecule has 0 spiro atoms. The van der Waals surface area contributed by atoms with Crippen molar-refractivity contribution in [2.24, 2.45) is 5.10 Å². The maximum Gasteiger partial charge on any atom is 0.417 e. The van der Waals surface area contributed by atoms with E-state index >= 15 is 0 Å². The van der Waals surface area contributed by atoms with Gasteiger partial charge in [0, 0.05) is 12.0 Å². The second-order valence-electron chi connectivity index (χ2n) is 4.69. The Morgan fingerprint density at radius 3 is 2.77 bits per heavy atom. The van der Waals surface area contributed by atoms with Gasteiger partial charge in [-0.25, -0.2) is 0 Å². The van der Waals surface area contributed by atoms with Crippen molar-refractivity contribution < 1.29 is 13.2 Å². The Hall–Kier alpha value is -1.96. The molecule has 0 unspecified atom stereocenters. The van der Waals surface area contributed by atoms with E-state index in [1.165, 1.54) is 22.9 Å². The summed E-state index contributed by atoms with van der Waals surface area (Å²) in [5.41, 5.74) is -0.747. The monoisotopic (exact) mass is 328 g/mol. The van der Waals surface area contributed by atoms with Crippen LogP contribution in [0.25, 0.3) is 0 Å². The Labute approximate surface area is 130 Å². The quantitative estimate of drug-likeness (QED) is 0.661. The zero-order valence-corrected chi connectivity index (χ0v) is 12.7. The van der Waals surface area contributed by atoms with E-state index in [4.69, 9.17) is 12.2 Å². The molecule has 0 fully saturated rings. The van der Waals surface area contributed by atoms with Crippen molar-refractivity contribution in [3.05, 3.63) is 46.0 Å². The Bertz CT molecular complexity index is 715. The number of halogens is 3. The van der Waals surface area contributed by atoms with E-state index in [1.807, 2.05) is 6.92 Å². The lowest BCUT2D eigenvalue weighted by Crippen LogP contribution is -2.09. The number of aromatic nitrogens is 3. The predicted octanol–water partition coefficient (Wildman–Crippen LogP) is 4.18. The zero-order chi connectivity index (χ0) is 16.2. The van der Waals surface area contributed by atoms with Gasteiger partial charge in [-0.1, -0.05) is 31.5 Å². The first kappa shape index (κ1) is 16.4. The molecule has 22 heavy (non-hydrogen) atoms. The number of benzene rings is 1. The van der Waals surface area contributed by atoms with Gasteiger partial charge in [0.1, 0.15) is 0 Å². The summed E-state index contributed by atoms with van der Waals surface area (Å²) in [7, 11) is 0. The molecule has 0 aliphatic carbocycles. The van der Waals surface area contributed by atoms with Crippen LogP contribution >= 0.6 is 12.2 Å². The molecule has 8 heteroatoms. The van der Waals surface area contributed by atoms with Gasteiger partial charge in [0.05, 0.1) is 11.8 Å². The minimum absolute atomic E-state index is 0.0143. The number of rotatable bonds is 5. The highest BCUT2D eigenvalue weighted by Crippen LogP contribution is 2.31. The van der Waals surface area contributed by atoms with Crippen LogP contribution in [-0.2, 0) is 12.6 Å². The summed E-state index contributed by atoms with van der Waals surface area (Å²) in [6.45, 7) is 2.04. The molecule has 0 radical (unpaired) electrons. The molecule has 2 rings (SSSR count). The molecule has 2 aromatic rings. The van der Waals surface area contributed by atoms with Gasteiger partial charge in [-0.15, -0.1) is 0 Å². The average Bonchev–Trinajstić information content (AvgIpc) is 2.82. The number of aromatic amines is 1. The van der Waals surface area contributed by atoms with Crippen LogP contribution in [0.4, 0.5) is 13.2 Å². The molecule has 0 atom stereocenters. The Balaban J connectivity index is 2.34. The molecule has 0 aliphatic rings. The van der Waals surface area contributed by atoms with Gasteiger partial charge in [-0.05, 0) is 24.7 Å². The molecule has 1 N–H and O–H groups in total. The first-order valence-corrected chi connectivity index (χ1v) is 7.21. The van der Waals surface area contributed by atoms with Gasteiger partial charge in [0.25, 0.3) is 0 Å². The van der Waals surface area contributed by atoms with Crippen molar-refractivity contribution in [1.82, 2.24) is 14.9 Å². The van der Waals surface area contributed by atoms with Crippen LogP contribution in [0, 0.1) is 4.77 Å². The van der Waals surface area contributed by atoms with Gasteiger partial charge >= 0.3 is 6.18 Å². The van der Waals surface area contributed by atoms with Crippen LogP contribution in [0.3, 0.4) is 0 Å². The van der Waals surface area contributed by atoms with Crippen molar-refractivity contribution in [3.63, 3.8) is 0 Å². The summed E-state index contributed by atoms with van der Waals surface area (Å²) in [5, 5.41) is 10.7. The van der Waals surface area contributed by atoms with Crippen LogP contribution in [0.2, 0.25) is 0 Å². The summed E-state index contributed by atoms with van der Waals surface area (Å²) >= 11 is 5.05. The third kappa shape index (κ3) is 3.82. The van der Waals surface area contributed by atoms with Gasteiger partial charge < -0.3 is 0 Å². The van der Waals surface area contributed by atoms with Crippen molar-refractivity contribution in [2.45, 2.75) is 32.4 Å². The Kier molecular flexibility index (Phi) is 5.12. The molecule has 118 valence electrons. The molecular weight excluding hydrogens is 313 g/mol. The van der Waals surface area contributed by atoms with Crippen molar-refractivity contribution >= 4 is 18.4 Å². The van der Waals surface area contributed by atoms with Gasteiger partial charge in [0.2, 0.25) is 4.77 Å². The highest BCUT2D eigenvalue weighted by Gasteiger charge is 2.32. The number of alkyl halides is 3. The average molecular weight is 328 g/mol. The van der Waals surface area contributed by atoms with Crippen molar-refractivity contribution in [1.29, 1.82) is 0 Å².